The molecule has 2 heteroatoms. The first-order valence-electron chi connectivity index (χ1n) is 7.20. The molecule has 0 aromatic heterocycles. The summed E-state index contributed by atoms with van der Waals surface area (Å²) in [5, 5.41) is 3.57. The molecule has 0 aromatic rings. The van der Waals surface area contributed by atoms with Gasteiger partial charge in [-0.2, -0.15) is 0 Å². The molecule has 0 amide bonds. The number of unbranched alkanes of at least 4 members (excludes halogenated alkanes) is 1. The Morgan fingerprint density at radius 3 is 2.56 bits per heavy atom. The zero-order valence-corrected chi connectivity index (χ0v) is 11.6. The largest absolute Gasteiger partial charge is 0.315 e. The lowest BCUT2D eigenvalue weighted by Crippen LogP contribution is -2.46. The van der Waals surface area contributed by atoms with Crippen molar-refractivity contribution >= 4 is 0 Å². The molecule has 3 atom stereocenters. The van der Waals surface area contributed by atoms with E-state index in [2.05, 4.69) is 37.9 Å². The number of rotatable bonds is 7. The van der Waals surface area contributed by atoms with Crippen LogP contribution in [0.3, 0.4) is 0 Å². The van der Waals surface area contributed by atoms with Gasteiger partial charge in [0, 0.05) is 18.6 Å². The predicted molar refractivity (Wildman–Crippen MR) is 71.8 cm³/mol. The summed E-state index contributed by atoms with van der Waals surface area (Å²) in [5.74, 6) is 0.867. The van der Waals surface area contributed by atoms with Crippen LogP contribution in [-0.4, -0.2) is 36.6 Å². The highest BCUT2D eigenvalue weighted by Gasteiger charge is 2.32. The van der Waals surface area contributed by atoms with E-state index in [1.807, 2.05) is 0 Å². The molecule has 96 valence electrons. The Hall–Kier alpha value is -0.0800. The fourth-order valence-corrected chi connectivity index (χ4v) is 2.81. The molecule has 0 radical (unpaired) electrons. The van der Waals surface area contributed by atoms with Crippen LogP contribution in [0.15, 0.2) is 0 Å². The van der Waals surface area contributed by atoms with E-state index in [1.54, 1.807) is 0 Å². The van der Waals surface area contributed by atoms with Gasteiger partial charge in [0.05, 0.1) is 0 Å². The highest BCUT2D eigenvalue weighted by Crippen LogP contribution is 2.22. The fraction of sp³-hybridized carbons (Fsp3) is 1.00. The van der Waals surface area contributed by atoms with E-state index >= 15 is 0 Å². The minimum absolute atomic E-state index is 0.741. The number of nitrogens with one attached hydrogen (secondary N) is 1. The van der Waals surface area contributed by atoms with Gasteiger partial charge in [-0.05, 0) is 38.8 Å². The SMILES string of the molecule is CCCCN(C(C)CC)C1CNCC1CC. The van der Waals surface area contributed by atoms with Gasteiger partial charge in [-0.15, -0.1) is 0 Å². The second-order valence-corrected chi connectivity index (χ2v) is 5.24. The van der Waals surface area contributed by atoms with Crippen LogP contribution in [-0.2, 0) is 0 Å². The third-order valence-corrected chi connectivity index (χ3v) is 4.18. The molecular formula is C14H30N2. The van der Waals surface area contributed by atoms with Crippen molar-refractivity contribution in [1.82, 2.24) is 10.2 Å². The summed E-state index contributed by atoms with van der Waals surface area (Å²) in [6, 6.07) is 1.52. The average molecular weight is 226 g/mol. The maximum absolute atomic E-state index is 3.57. The van der Waals surface area contributed by atoms with Gasteiger partial charge in [-0.1, -0.05) is 33.6 Å². The summed E-state index contributed by atoms with van der Waals surface area (Å²) in [5.41, 5.74) is 0. The lowest BCUT2D eigenvalue weighted by Gasteiger charge is -2.36. The Kier molecular flexibility index (Phi) is 6.37. The predicted octanol–water partition coefficient (Wildman–Crippen LogP) is 2.89. The van der Waals surface area contributed by atoms with Crippen molar-refractivity contribution in [3.8, 4) is 0 Å². The molecule has 1 aliphatic rings. The van der Waals surface area contributed by atoms with Gasteiger partial charge in [0.25, 0.3) is 0 Å². The smallest absolute Gasteiger partial charge is 0.0263 e. The lowest BCUT2D eigenvalue weighted by molar-refractivity contribution is 0.117. The second kappa shape index (κ2) is 7.29. The van der Waals surface area contributed by atoms with E-state index in [1.165, 1.54) is 45.3 Å². The third-order valence-electron chi connectivity index (χ3n) is 4.18. The van der Waals surface area contributed by atoms with Crippen molar-refractivity contribution in [3.63, 3.8) is 0 Å². The normalized spacial score (nSPS) is 27.6. The summed E-state index contributed by atoms with van der Waals surface area (Å²) >= 11 is 0. The molecule has 1 saturated heterocycles. The van der Waals surface area contributed by atoms with E-state index < -0.39 is 0 Å². The summed E-state index contributed by atoms with van der Waals surface area (Å²) in [6.07, 6.45) is 5.24. The fourth-order valence-electron chi connectivity index (χ4n) is 2.81. The van der Waals surface area contributed by atoms with E-state index in [4.69, 9.17) is 0 Å². The number of hydrogen-bond acceptors (Lipinski definition) is 2. The van der Waals surface area contributed by atoms with Crippen LogP contribution in [0.25, 0.3) is 0 Å². The molecule has 1 fully saturated rings. The van der Waals surface area contributed by atoms with Gasteiger partial charge in [0.2, 0.25) is 0 Å². The molecule has 1 rings (SSSR count). The van der Waals surface area contributed by atoms with Gasteiger partial charge in [0.1, 0.15) is 0 Å². The monoisotopic (exact) mass is 226 g/mol. The lowest BCUT2D eigenvalue weighted by atomic mass is 9.97. The summed E-state index contributed by atoms with van der Waals surface area (Å²) < 4.78 is 0. The van der Waals surface area contributed by atoms with Gasteiger partial charge < -0.3 is 5.32 Å². The standard InChI is InChI=1S/C14H30N2/c1-5-8-9-16(12(4)6-2)14-11-15-10-13(14)7-3/h12-15H,5-11H2,1-4H3. The van der Waals surface area contributed by atoms with Crippen LogP contribution in [0.4, 0.5) is 0 Å². The maximum atomic E-state index is 3.57. The Morgan fingerprint density at radius 1 is 1.25 bits per heavy atom. The van der Waals surface area contributed by atoms with Crippen molar-refractivity contribution in [2.24, 2.45) is 5.92 Å². The van der Waals surface area contributed by atoms with Crippen LogP contribution in [0.2, 0.25) is 0 Å². The van der Waals surface area contributed by atoms with Crippen LogP contribution in [0.5, 0.6) is 0 Å². The minimum atomic E-state index is 0.741. The molecule has 1 heterocycles. The van der Waals surface area contributed by atoms with Crippen molar-refractivity contribution in [1.29, 1.82) is 0 Å². The van der Waals surface area contributed by atoms with Crippen LogP contribution < -0.4 is 5.32 Å². The van der Waals surface area contributed by atoms with Crippen LogP contribution in [0, 0.1) is 5.92 Å². The van der Waals surface area contributed by atoms with E-state index in [0.717, 1.165) is 18.0 Å². The van der Waals surface area contributed by atoms with Crippen LogP contribution in [0.1, 0.15) is 53.4 Å². The van der Waals surface area contributed by atoms with Crippen molar-refractivity contribution in [3.05, 3.63) is 0 Å². The Bertz CT molecular complexity index is 182. The molecule has 0 saturated carbocycles. The van der Waals surface area contributed by atoms with Crippen molar-refractivity contribution < 1.29 is 0 Å². The zero-order chi connectivity index (χ0) is 12.0. The average Bonchev–Trinajstić information content (AvgIpc) is 2.77. The highest BCUT2D eigenvalue weighted by molar-refractivity contribution is 4.89. The maximum Gasteiger partial charge on any atom is 0.0263 e. The molecule has 0 spiro atoms. The summed E-state index contributed by atoms with van der Waals surface area (Å²) in [4.78, 5) is 2.76. The summed E-state index contributed by atoms with van der Waals surface area (Å²) in [7, 11) is 0. The van der Waals surface area contributed by atoms with Gasteiger partial charge in [0.15, 0.2) is 0 Å². The highest BCUT2D eigenvalue weighted by atomic mass is 15.2. The Balaban J connectivity index is 2.59. The topological polar surface area (TPSA) is 15.3 Å². The first-order chi connectivity index (χ1) is 7.74. The Morgan fingerprint density at radius 2 is 2.00 bits per heavy atom. The zero-order valence-electron chi connectivity index (χ0n) is 11.6. The molecule has 16 heavy (non-hydrogen) atoms. The first kappa shape index (κ1) is 14.0. The molecule has 0 aliphatic carbocycles. The molecule has 0 aromatic carbocycles. The van der Waals surface area contributed by atoms with Crippen molar-refractivity contribution in [2.75, 3.05) is 19.6 Å². The quantitative estimate of drug-likeness (QED) is 0.718. The van der Waals surface area contributed by atoms with Gasteiger partial charge in [-0.3, -0.25) is 4.90 Å². The molecular weight excluding hydrogens is 196 g/mol. The van der Waals surface area contributed by atoms with E-state index in [0.29, 0.717) is 0 Å². The van der Waals surface area contributed by atoms with Crippen molar-refractivity contribution in [2.45, 2.75) is 65.5 Å². The molecule has 1 N–H and O–H groups in total. The molecule has 2 nitrogen and oxygen atoms in total. The molecule has 1 aliphatic heterocycles. The molecule has 3 unspecified atom stereocenters. The molecule has 0 bridgehead atoms. The number of hydrogen-bond donors (Lipinski definition) is 1. The van der Waals surface area contributed by atoms with Crippen LogP contribution >= 0.6 is 0 Å². The Labute approximate surface area is 102 Å². The minimum Gasteiger partial charge on any atom is -0.315 e. The first-order valence-corrected chi connectivity index (χ1v) is 7.20. The summed E-state index contributed by atoms with van der Waals surface area (Å²) in [6.45, 7) is 13.0. The third kappa shape index (κ3) is 3.46. The number of nitrogens with zero attached hydrogens (tertiary/aromatic N) is 1. The van der Waals surface area contributed by atoms with Gasteiger partial charge in [-0.25, -0.2) is 0 Å². The second-order valence-electron chi connectivity index (χ2n) is 5.24. The van der Waals surface area contributed by atoms with E-state index in [9.17, 15) is 0 Å². The van der Waals surface area contributed by atoms with Gasteiger partial charge >= 0.3 is 0 Å². The van der Waals surface area contributed by atoms with E-state index in [-0.39, 0.29) is 0 Å².